The van der Waals surface area contributed by atoms with E-state index in [0.29, 0.717) is 29.4 Å². The Morgan fingerprint density at radius 3 is 2.72 bits per heavy atom. The molecule has 0 bridgehead atoms. The van der Waals surface area contributed by atoms with E-state index in [0.717, 1.165) is 35.0 Å². The molecule has 0 spiro atoms. The number of fused-ring (bicyclic) bond motifs is 1. The van der Waals surface area contributed by atoms with Crippen molar-refractivity contribution in [3.8, 4) is 6.07 Å². The van der Waals surface area contributed by atoms with E-state index in [1.54, 1.807) is 6.20 Å². The fourth-order valence-corrected chi connectivity index (χ4v) is 4.15. The number of aromatic nitrogens is 1. The number of rotatable bonds is 3. The van der Waals surface area contributed by atoms with Crippen LogP contribution >= 0.6 is 11.6 Å². The Morgan fingerprint density at radius 2 is 2.00 bits per heavy atom. The summed E-state index contributed by atoms with van der Waals surface area (Å²) in [5, 5.41) is 14.1. The maximum atomic E-state index is 12.7. The van der Waals surface area contributed by atoms with Crippen LogP contribution in [0.1, 0.15) is 24.0 Å². The summed E-state index contributed by atoms with van der Waals surface area (Å²) in [5.74, 6) is -0.0854. The first-order valence-electron chi connectivity index (χ1n) is 9.66. The molecule has 0 radical (unpaired) electrons. The lowest BCUT2D eigenvalue weighted by Gasteiger charge is -2.34. The first-order chi connectivity index (χ1) is 14.1. The van der Waals surface area contributed by atoms with Gasteiger partial charge in [-0.15, -0.1) is 0 Å². The highest BCUT2D eigenvalue weighted by Gasteiger charge is 2.27. The van der Waals surface area contributed by atoms with Crippen LogP contribution in [0.2, 0.25) is 5.02 Å². The number of aryl methyl sites for hydroxylation is 1. The summed E-state index contributed by atoms with van der Waals surface area (Å²) in [5.41, 5.74) is 4.06. The van der Waals surface area contributed by atoms with Crippen LogP contribution in [-0.4, -0.2) is 24.0 Å². The molecule has 1 aliphatic heterocycles. The van der Waals surface area contributed by atoms with E-state index in [-0.39, 0.29) is 11.8 Å². The number of carbonyl (C=O) groups excluding carboxylic acids is 1. The zero-order chi connectivity index (χ0) is 20.4. The van der Waals surface area contributed by atoms with Crippen molar-refractivity contribution in [3.63, 3.8) is 0 Å². The lowest BCUT2D eigenvalue weighted by Crippen LogP contribution is -2.38. The van der Waals surface area contributed by atoms with Gasteiger partial charge in [-0.05, 0) is 43.5 Å². The van der Waals surface area contributed by atoms with Gasteiger partial charge in [0.1, 0.15) is 6.07 Å². The van der Waals surface area contributed by atoms with Crippen molar-refractivity contribution < 1.29 is 4.79 Å². The number of pyridine rings is 1. The average molecular weight is 405 g/mol. The fraction of sp³-hybridized carbons (Fsp3) is 0.261. The smallest absolute Gasteiger partial charge is 0.227 e. The van der Waals surface area contributed by atoms with Gasteiger partial charge in [0.05, 0.1) is 27.5 Å². The molecule has 3 aromatic rings. The van der Waals surface area contributed by atoms with Crippen LogP contribution in [0.5, 0.6) is 0 Å². The van der Waals surface area contributed by atoms with Gasteiger partial charge in [-0.3, -0.25) is 9.78 Å². The van der Waals surface area contributed by atoms with Gasteiger partial charge in [0.15, 0.2) is 0 Å². The van der Waals surface area contributed by atoms with Gasteiger partial charge < -0.3 is 10.2 Å². The Labute approximate surface area is 174 Å². The number of para-hydroxylation sites is 1. The molecule has 2 aromatic carbocycles. The van der Waals surface area contributed by atoms with Crippen molar-refractivity contribution >= 4 is 39.8 Å². The zero-order valence-corrected chi connectivity index (χ0v) is 16.9. The molecule has 0 aliphatic carbocycles. The van der Waals surface area contributed by atoms with Gasteiger partial charge in [-0.25, -0.2) is 0 Å². The Kier molecular flexibility index (Phi) is 5.37. The number of halogens is 1. The average Bonchev–Trinajstić information content (AvgIpc) is 2.75. The number of piperidine rings is 1. The molecule has 1 saturated heterocycles. The summed E-state index contributed by atoms with van der Waals surface area (Å²) in [7, 11) is 0. The molecule has 1 fully saturated rings. The first kappa shape index (κ1) is 19.2. The second-order valence-electron chi connectivity index (χ2n) is 7.38. The minimum absolute atomic E-state index is 0.00417. The maximum Gasteiger partial charge on any atom is 0.227 e. The monoisotopic (exact) mass is 404 g/mol. The number of nitrogens with one attached hydrogen (secondary N) is 1. The highest BCUT2D eigenvalue weighted by molar-refractivity contribution is 6.33. The van der Waals surface area contributed by atoms with E-state index < -0.39 is 0 Å². The second-order valence-corrected chi connectivity index (χ2v) is 7.79. The highest BCUT2D eigenvalue weighted by Crippen LogP contribution is 2.33. The predicted molar refractivity (Wildman–Crippen MR) is 116 cm³/mol. The molecule has 5 nitrogen and oxygen atoms in total. The van der Waals surface area contributed by atoms with Crippen molar-refractivity contribution in [2.24, 2.45) is 5.92 Å². The first-order valence-corrected chi connectivity index (χ1v) is 10.0. The Bertz CT molecular complexity index is 1110. The third-order valence-electron chi connectivity index (χ3n) is 5.43. The molecule has 146 valence electrons. The summed E-state index contributed by atoms with van der Waals surface area (Å²) >= 11 is 6.25. The van der Waals surface area contributed by atoms with Crippen LogP contribution in [0.15, 0.2) is 48.7 Å². The number of amides is 1. The number of nitriles is 1. The summed E-state index contributed by atoms with van der Waals surface area (Å²) in [6, 6.07) is 15.7. The standard InChI is InChI=1S/C23H21ClN4O/c1-15-6-7-21(19(24)12-15)27-23(29)16-8-10-28(11-9-16)22-17(13-25)14-26-20-5-3-2-4-18(20)22/h2-7,12,14,16H,8-11H2,1H3,(H,27,29). The number of benzene rings is 2. The van der Waals surface area contributed by atoms with Crippen LogP contribution in [0, 0.1) is 24.2 Å². The van der Waals surface area contributed by atoms with Crippen LogP contribution in [0.25, 0.3) is 10.9 Å². The van der Waals surface area contributed by atoms with Crippen LogP contribution in [0.4, 0.5) is 11.4 Å². The molecule has 0 unspecified atom stereocenters. The lowest BCUT2D eigenvalue weighted by atomic mass is 9.94. The predicted octanol–water partition coefficient (Wildman–Crippen LogP) is 4.92. The molecule has 4 rings (SSSR count). The number of nitrogens with zero attached hydrogens (tertiary/aromatic N) is 3. The fourth-order valence-electron chi connectivity index (χ4n) is 3.87. The summed E-state index contributed by atoms with van der Waals surface area (Å²) in [6.45, 7) is 3.39. The molecular formula is C23H21ClN4O. The van der Waals surface area contributed by atoms with E-state index >= 15 is 0 Å². The van der Waals surface area contributed by atoms with Gasteiger partial charge in [0.25, 0.3) is 0 Å². The highest BCUT2D eigenvalue weighted by atomic mass is 35.5. The van der Waals surface area contributed by atoms with Crippen LogP contribution < -0.4 is 10.2 Å². The topological polar surface area (TPSA) is 69.0 Å². The molecule has 0 saturated carbocycles. The normalized spacial score (nSPS) is 14.6. The van der Waals surface area contributed by atoms with Crippen molar-refractivity contribution in [2.45, 2.75) is 19.8 Å². The number of hydrogen-bond acceptors (Lipinski definition) is 4. The molecule has 1 aromatic heterocycles. The number of anilines is 2. The molecule has 0 atom stereocenters. The Hall–Kier alpha value is -3.10. The minimum Gasteiger partial charge on any atom is -0.370 e. The molecule has 29 heavy (non-hydrogen) atoms. The largest absolute Gasteiger partial charge is 0.370 e. The maximum absolute atomic E-state index is 12.7. The molecule has 6 heteroatoms. The summed E-state index contributed by atoms with van der Waals surface area (Å²) in [6.07, 6.45) is 3.07. The van der Waals surface area contributed by atoms with Gasteiger partial charge in [0, 0.05) is 30.6 Å². The summed E-state index contributed by atoms with van der Waals surface area (Å²) in [4.78, 5) is 19.3. The second kappa shape index (κ2) is 8.10. The van der Waals surface area contributed by atoms with Crippen molar-refractivity contribution in [1.82, 2.24) is 4.98 Å². The molecule has 1 amide bonds. The number of hydrogen-bond donors (Lipinski definition) is 1. The zero-order valence-electron chi connectivity index (χ0n) is 16.2. The SMILES string of the molecule is Cc1ccc(NC(=O)C2CCN(c3c(C#N)cnc4ccccc34)CC2)c(Cl)c1. The van der Waals surface area contributed by atoms with Crippen molar-refractivity contribution in [3.05, 3.63) is 64.8 Å². The van der Waals surface area contributed by atoms with E-state index in [2.05, 4.69) is 21.3 Å². The van der Waals surface area contributed by atoms with Crippen molar-refractivity contribution in [1.29, 1.82) is 5.26 Å². The number of carbonyl (C=O) groups is 1. The minimum atomic E-state index is -0.0812. The van der Waals surface area contributed by atoms with Gasteiger partial charge >= 0.3 is 0 Å². The van der Waals surface area contributed by atoms with Gasteiger partial charge in [0.2, 0.25) is 5.91 Å². The lowest BCUT2D eigenvalue weighted by molar-refractivity contribution is -0.120. The van der Waals surface area contributed by atoms with E-state index in [1.165, 1.54) is 0 Å². The van der Waals surface area contributed by atoms with Crippen molar-refractivity contribution in [2.75, 3.05) is 23.3 Å². The molecular weight excluding hydrogens is 384 g/mol. The molecule has 1 N–H and O–H groups in total. The molecule has 1 aliphatic rings. The Morgan fingerprint density at radius 1 is 1.24 bits per heavy atom. The van der Waals surface area contributed by atoms with Crippen LogP contribution in [0.3, 0.4) is 0 Å². The molecule has 2 heterocycles. The van der Waals surface area contributed by atoms with E-state index in [1.807, 2.05) is 49.4 Å². The summed E-state index contributed by atoms with van der Waals surface area (Å²) < 4.78 is 0. The van der Waals surface area contributed by atoms with E-state index in [4.69, 9.17) is 11.6 Å². The van der Waals surface area contributed by atoms with Gasteiger partial charge in [-0.1, -0.05) is 35.9 Å². The van der Waals surface area contributed by atoms with Crippen LogP contribution in [-0.2, 0) is 4.79 Å². The van der Waals surface area contributed by atoms with Gasteiger partial charge in [-0.2, -0.15) is 5.26 Å². The third kappa shape index (κ3) is 3.90. The Balaban J connectivity index is 1.49. The van der Waals surface area contributed by atoms with E-state index in [9.17, 15) is 10.1 Å². The third-order valence-corrected chi connectivity index (χ3v) is 5.74. The quantitative estimate of drug-likeness (QED) is 0.672.